The molecule has 4 nitrogen and oxygen atoms in total. The van der Waals surface area contributed by atoms with Crippen molar-refractivity contribution in [2.45, 2.75) is 27.3 Å². The number of hydrogen-bond donors (Lipinski definition) is 1. The molecule has 0 bridgehead atoms. The van der Waals surface area contributed by atoms with Gasteiger partial charge in [0.15, 0.2) is 0 Å². The van der Waals surface area contributed by atoms with E-state index in [0.717, 1.165) is 38.6 Å². The van der Waals surface area contributed by atoms with Crippen molar-refractivity contribution in [3.05, 3.63) is 23.9 Å². The summed E-state index contributed by atoms with van der Waals surface area (Å²) in [5.41, 5.74) is 1.28. The molecule has 0 amide bonds. The van der Waals surface area contributed by atoms with Crippen LogP contribution in [0.4, 0.5) is 5.82 Å². The molecular formula is C15H27N3O. The van der Waals surface area contributed by atoms with Crippen molar-refractivity contribution in [3.63, 3.8) is 0 Å². The van der Waals surface area contributed by atoms with E-state index in [0.29, 0.717) is 5.92 Å². The molecule has 108 valence electrons. The van der Waals surface area contributed by atoms with Crippen LogP contribution in [0.2, 0.25) is 0 Å². The highest BCUT2D eigenvalue weighted by Gasteiger charge is 2.10. The highest BCUT2D eigenvalue weighted by molar-refractivity contribution is 5.41. The summed E-state index contributed by atoms with van der Waals surface area (Å²) in [6.45, 7) is 11.1. The Morgan fingerprint density at radius 1 is 1.42 bits per heavy atom. The van der Waals surface area contributed by atoms with E-state index >= 15 is 0 Å². The number of ether oxygens (including phenoxy) is 1. The Labute approximate surface area is 117 Å². The molecule has 0 radical (unpaired) electrons. The number of anilines is 1. The zero-order valence-corrected chi connectivity index (χ0v) is 12.6. The van der Waals surface area contributed by atoms with Crippen LogP contribution in [-0.2, 0) is 11.3 Å². The normalized spacial score (nSPS) is 11.0. The molecule has 1 aromatic heterocycles. The molecule has 0 saturated heterocycles. The Bertz CT molecular complexity index is 355. The summed E-state index contributed by atoms with van der Waals surface area (Å²) in [7, 11) is 1.74. The highest BCUT2D eigenvalue weighted by atomic mass is 16.5. The summed E-state index contributed by atoms with van der Waals surface area (Å²) in [6, 6.07) is 4.23. The summed E-state index contributed by atoms with van der Waals surface area (Å²) in [6.07, 6.45) is 1.89. The lowest BCUT2D eigenvalue weighted by Crippen LogP contribution is -2.31. The first-order chi connectivity index (χ1) is 9.17. The van der Waals surface area contributed by atoms with Gasteiger partial charge in [0.05, 0.1) is 6.61 Å². The average molecular weight is 265 g/mol. The minimum atomic E-state index is 0.607. The van der Waals surface area contributed by atoms with Gasteiger partial charge in [-0.25, -0.2) is 4.98 Å². The maximum Gasteiger partial charge on any atom is 0.128 e. The van der Waals surface area contributed by atoms with Gasteiger partial charge < -0.3 is 15.0 Å². The molecule has 19 heavy (non-hydrogen) atoms. The van der Waals surface area contributed by atoms with Gasteiger partial charge in [-0.1, -0.05) is 20.8 Å². The van der Waals surface area contributed by atoms with Crippen LogP contribution in [0, 0.1) is 5.92 Å². The summed E-state index contributed by atoms with van der Waals surface area (Å²) in [5, 5.41) is 3.34. The predicted molar refractivity (Wildman–Crippen MR) is 80.5 cm³/mol. The molecule has 1 rings (SSSR count). The minimum absolute atomic E-state index is 0.607. The van der Waals surface area contributed by atoms with Crippen LogP contribution in [0.3, 0.4) is 0 Å². The van der Waals surface area contributed by atoms with Gasteiger partial charge >= 0.3 is 0 Å². The molecule has 0 unspecified atom stereocenters. The molecule has 1 N–H and O–H groups in total. The van der Waals surface area contributed by atoms with Crippen molar-refractivity contribution in [1.29, 1.82) is 0 Å². The second kappa shape index (κ2) is 8.88. The Hall–Kier alpha value is -1.13. The number of aromatic nitrogens is 1. The smallest absolute Gasteiger partial charge is 0.128 e. The van der Waals surface area contributed by atoms with Crippen LogP contribution in [0.25, 0.3) is 0 Å². The van der Waals surface area contributed by atoms with Gasteiger partial charge in [0.25, 0.3) is 0 Å². The Balaban J connectivity index is 2.75. The molecule has 4 heteroatoms. The van der Waals surface area contributed by atoms with Crippen LogP contribution in [0.15, 0.2) is 18.3 Å². The Morgan fingerprint density at radius 3 is 2.84 bits per heavy atom. The molecule has 1 aromatic rings. The van der Waals surface area contributed by atoms with Gasteiger partial charge in [-0.05, 0) is 30.2 Å². The predicted octanol–water partition coefficient (Wildman–Crippen LogP) is 2.30. The van der Waals surface area contributed by atoms with Crippen molar-refractivity contribution in [2.75, 3.05) is 38.3 Å². The van der Waals surface area contributed by atoms with E-state index in [-0.39, 0.29) is 0 Å². The lowest BCUT2D eigenvalue weighted by atomic mass is 10.2. The number of nitrogens with one attached hydrogen (secondary N) is 1. The van der Waals surface area contributed by atoms with Crippen molar-refractivity contribution in [3.8, 4) is 0 Å². The molecule has 0 aliphatic rings. The van der Waals surface area contributed by atoms with Gasteiger partial charge in [0, 0.05) is 32.9 Å². The summed E-state index contributed by atoms with van der Waals surface area (Å²) in [4.78, 5) is 6.79. The number of hydrogen-bond acceptors (Lipinski definition) is 4. The molecule has 0 aliphatic carbocycles. The van der Waals surface area contributed by atoms with Gasteiger partial charge in [-0.2, -0.15) is 0 Å². The standard InChI is InChI=1S/C15H27N3O/c1-5-16-11-14-6-7-17-15(10-14)18(8-9-19-4)12-13(2)3/h6-7,10,13,16H,5,8-9,11-12H2,1-4H3. The maximum absolute atomic E-state index is 5.19. The van der Waals surface area contributed by atoms with Crippen LogP contribution in [0.5, 0.6) is 0 Å². The van der Waals surface area contributed by atoms with Crippen LogP contribution in [-0.4, -0.2) is 38.3 Å². The van der Waals surface area contributed by atoms with Crippen molar-refractivity contribution in [2.24, 2.45) is 5.92 Å². The maximum atomic E-state index is 5.19. The zero-order valence-electron chi connectivity index (χ0n) is 12.6. The van der Waals surface area contributed by atoms with Crippen LogP contribution in [0.1, 0.15) is 26.3 Å². The van der Waals surface area contributed by atoms with Gasteiger partial charge in [0.1, 0.15) is 5.82 Å². The number of nitrogens with zero attached hydrogens (tertiary/aromatic N) is 2. The molecular weight excluding hydrogens is 238 g/mol. The second-order valence-corrected chi connectivity index (χ2v) is 5.14. The lowest BCUT2D eigenvalue weighted by Gasteiger charge is -2.25. The third-order valence-corrected chi connectivity index (χ3v) is 2.86. The SMILES string of the molecule is CCNCc1ccnc(N(CCOC)CC(C)C)c1. The van der Waals surface area contributed by atoms with E-state index in [1.165, 1.54) is 5.56 Å². The molecule has 0 fully saturated rings. The first kappa shape index (κ1) is 15.9. The van der Waals surface area contributed by atoms with E-state index in [4.69, 9.17) is 4.74 Å². The first-order valence-corrected chi connectivity index (χ1v) is 7.06. The molecule has 0 aromatic carbocycles. The zero-order chi connectivity index (χ0) is 14.1. The second-order valence-electron chi connectivity index (χ2n) is 5.14. The Kier molecular flexibility index (Phi) is 7.45. The van der Waals surface area contributed by atoms with E-state index < -0.39 is 0 Å². The van der Waals surface area contributed by atoms with Gasteiger partial charge in [-0.15, -0.1) is 0 Å². The first-order valence-electron chi connectivity index (χ1n) is 7.06. The summed E-state index contributed by atoms with van der Waals surface area (Å²) in [5.74, 6) is 1.65. The molecule has 1 heterocycles. The summed E-state index contributed by atoms with van der Waals surface area (Å²) < 4.78 is 5.19. The molecule has 0 aliphatic heterocycles. The quantitative estimate of drug-likeness (QED) is 0.743. The molecule has 0 saturated carbocycles. The van der Waals surface area contributed by atoms with E-state index in [1.807, 2.05) is 6.20 Å². The number of methoxy groups -OCH3 is 1. The largest absolute Gasteiger partial charge is 0.383 e. The van der Waals surface area contributed by atoms with Crippen LogP contribution >= 0.6 is 0 Å². The van der Waals surface area contributed by atoms with Crippen LogP contribution < -0.4 is 10.2 Å². The molecule has 0 atom stereocenters. The minimum Gasteiger partial charge on any atom is -0.383 e. The van der Waals surface area contributed by atoms with E-state index in [2.05, 4.69) is 48.1 Å². The number of rotatable bonds is 9. The number of pyridine rings is 1. The van der Waals surface area contributed by atoms with E-state index in [9.17, 15) is 0 Å². The van der Waals surface area contributed by atoms with Gasteiger partial charge in [-0.3, -0.25) is 0 Å². The lowest BCUT2D eigenvalue weighted by molar-refractivity contribution is 0.204. The fourth-order valence-electron chi connectivity index (χ4n) is 1.95. The monoisotopic (exact) mass is 265 g/mol. The van der Waals surface area contributed by atoms with E-state index in [1.54, 1.807) is 7.11 Å². The third-order valence-electron chi connectivity index (χ3n) is 2.86. The summed E-state index contributed by atoms with van der Waals surface area (Å²) >= 11 is 0. The molecule has 0 spiro atoms. The Morgan fingerprint density at radius 2 is 2.21 bits per heavy atom. The topological polar surface area (TPSA) is 37.4 Å². The third kappa shape index (κ3) is 6.03. The van der Waals surface area contributed by atoms with Crippen molar-refractivity contribution in [1.82, 2.24) is 10.3 Å². The van der Waals surface area contributed by atoms with Crippen molar-refractivity contribution < 1.29 is 4.74 Å². The average Bonchev–Trinajstić information content (AvgIpc) is 2.41. The highest BCUT2D eigenvalue weighted by Crippen LogP contribution is 2.14. The fraction of sp³-hybridized carbons (Fsp3) is 0.667. The fourth-order valence-corrected chi connectivity index (χ4v) is 1.95. The van der Waals surface area contributed by atoms with Crippen molar-refractivity contribution >= 4 is 5.82 Å². The van der Waals surface area contributed by atoms with Gasteiger partial charge in [0.2, 0.25) is 0 Å².